The predicted octanol–water partition coefficient (Wildman–Crippen LogP) is 21.2. The van der Waals surface area contributed by atoms with Crippen molar-refractivity contribution in [3.05, 3.63) is 230 Å². The summed E-state index contributed by atoms with van der Waals surface area (Å²) in [6.07, 6.45) is 12.3. The van der Waals surface area contributed by atoms with Crippen LogP contribution in [-0.4, -0.2) is 11.1 Å². The SMILES string of the molecule is CC12CCCCCC1(C)N(c1ccccc1)c1ccc(-c3ccc4c(-c5cccc6ccccc56)c5cc(-c6ccc7c(c6)C6(C)CCCCCC6(C)N7c6ccccc6)ccc5c(-c5cccc6ccccc56)c4c3)cc12. The third-order valence-electron chi connectivity index (χ3n) is 20.6. The van der Waals surface area contributed by atoms with Crippen molar-refractivity contribution in [2.24, 2.45) is 0 Å². The molecule has 0 N–H and O–H groups in total. The van der Waals surface area contributed by atoms with Crippen molar-refractivity contribution in [1.29, 1.82) is 0 Å². The predicted molar refractivity (Wildman–Crippen MR) is 333 cm³/mol. The number of benzene rings is 11. The van der Waals surface area contributed by atoms with Crippen LogP contribution in [0.1, 0.15) is 103 Å². The van der Waals surface area contributed by atoms with E-state index in [0.29, 0.717) is 0 Å². The molecular formula is C76H68N2. The molecule has 0 amide bonds. The lowest BCUT2D eigenvalue weighted by Crippen LogP contribution is -2.52. The first kappa shape index (κ1) is 47.3. The third-order valence-corrected chi connectivity index (χ3v) is 20.6. The molecule has 2 nitrogen and oxygen atoms in total. The molecule has 382 valence electrons. The van der Waals surface area contributed by atoms with Crippen LogP contribution < -0.4 is 9.80 Å². The van der Waals surface area contributed by atoms with E-state index in [-0.39, 0.29) is 21.9 Å². The Kier molecular flexibility index (Phi) is 10.8. The van der Waals surface area contributed by atoms with E-state index in [2.05, 4.69) is 256 Å². The van der Waals surface area contributed by atoms with Crippen LogP contribution in [0.3, 0.4) is 0 Å². The Bertz CT molecular complexity index is 3910. The lowest BCUT2D eigenvalue weighted by molar-refractivity contribution is 0.261. The molecule has 0 saturated heterocycles. The highest BCUT2D eigenvalue weighted by Crippen LogP contribution is 2.62. The molecule has 0 bridgehead atoms. The van der Waals surface area contributed by atoms with Gasteiger partial charge in [0.2, 0.25) is 0 Å². The summed E-state index contributed by atoms with van der Waals surface area (Å²) in [6.45, 7) is 10.3. The molecule has 0 aromatic heterocycles. The highest BCUT2D eigenvalue weighted by atomic mass is 15.3. The topological polar surface area (TPSA) is 6.48 Å². The van der Waals surface area contributed by atoms with Gasteiger partial charge in [-0.3, -0.25) is 0 Å². The van der Waals surface area contributed by atoms with Gasteiger partial charge in [0.1, 0.15) is 0 Å². The molecule has 11 aromatic rings. The molecule has 2 heterocycles. The van der Waals surface area contributed by atoms with Gasteiger partial charge in [0.15, 0.2) is 0 Å². The maximum absolute atomic E-state index is 2.71. The number of rotatable bonds is 6. The van der Waals surface area contributed by atoms with Crippen molar-refractivity contribution in [2.45, 2.75) is 114 Å². The van der Waals surface area contributed by atoms with Gasteiger partial charge in [-0.25, -0.2) is 0 Å². The van der Waals surface area contributed by atoms with Gasteiger partial charge in [0, 0.05) is 33.6 Å². The second-order valence-corrected chi connectivity index (χ2v) is 24.5. The Hall–Kier alpha value is -7.94. The van der Waals surface area contributed by atoms with Crippen molar-refractivity contribution in [3.63, 3.8) is 0 Å². The van der Waals surface area contributed by atoms with E-state index in [9.17, 15) is 0 Å². The van der Waals surface area contributed by atoms with Crippen molar-refractivity contribution in [1.82, 2.24) is 0 Å². The molecule has 2 aliphatic carbocycles. The van der Waals surface area contributed by atoms with Gasteiger partial charge in [-0.2, -0.15) is 0 Å². The fraction of sp³-hybridized carbons (Fsp3) is 0.237. The van der Waals surface area contributed by atoms with Crippen LogP contribution in [0.5, 0.6) is 0 Å². The molecular weight excluding hydrogens is 941 g/mol. The van der Waals surface area contributed by atoms with E-state index in [1.54, 1.807) is 0 Å². The van der Waals surface area contributed by atoms with E-state index in [1.807, 2.05) is 0 Å². The molecule has 4 unspecified atom stereocenters. The zero-order valence-electron chi connectivity index (χ0n) is 45.8. The number of anilines is 4. The van der Waals surface area contributed by atoms with Crippen LogP contribution in [0, 0.1) is 0 Å². The average molecular weight is 1010 g/mol. The molecule has 2 saturated carbocycles. The standard InChI is InChI=1S/C76H68N2/c1-73-43-17-7-19-45-75(73,3)77(57-27-9-5-10-28-57)69-41-37-55(49-67(69)73)53-35-39-63-65(47-53)71(61-33-21-25-51-23-13-15-31-59(51)61)64-40-36-54(48-66(64)72(63)62-34-22-26-52-24-14-16-32-60(52)62)56-38-42-70-68(50-56)74(2)44-18-8-20-46-76(74,4)78(70)58-29-11-6-12-30-58/h5-6,9-16,21-42,47-50H,7-8,17-20,43-46H2,1-4H3. The number of fused-ring (bicyclic) bond motifs is 10. The Morgan fingerprint density at radius 2 is 0.667 bits per heavy atom. The third kappa shape index (κ3) is 6.81. The van der Waals surface area contributed by atoms with E-state index in [1.165, 1.54) is 186 Å². The lowest BCUT2D eigenvalue weighted by Gasteiger charge is -2.46. The van der Waals surface area contributed by atoms with Crippen LogP contribution >= 0.6 is 0 Å². The minimum atomic E-state index is -0.0298. The zero-order valence-corrected chi connectivity index (χ0v) is 45.8. The molecule has 2 aliphatic heterocycles. The van der Waals surface area contributed by atoms with Gasteiger partial charge >= 0.3 is 0 Å². The highest BCUT2D eigenvalue weighted by molar-refractivity contribution is 6.26. The Balaban J connectivity index is 0.987. The first-order chi connectivity index (χ1) is 38.2. The minimum Gasteiger partial charge on any atom is -0.334 e. The molecule has 0 radical (unpaired) electrons. The molecule has 4 aliphatic rings. The quantitative estimate of drug-likeness (QED) is 0.153. The summed E-state index contributed by atoms with van der Waals surface area (Å²) in [6, 6.07) is 84.0. The average Bonchev–Trinajstić information content (AvgIpc) is 3.75. The summed E-state index contributed by atoms with van der Waals surface area (Å²) in [5.74, 6) is 0. The van der Waals surface area contributed by atoms with Crippen LogP contribution in [0.25, 0.3) is 87.6 Å². The second kappa shape index (κ2) is 17.8. The van der Waals surface area contributed by atoms with Gasteiger partial charge < -0.3 is 9.80 Å². The molecule has 2 fully saturated rings. The van der Waals surface area contributed by atoms with Gasteiger partial charge in [-0.05, 0) is 199 Å². The van der Waals surface area contributed by atoms with Crippen molar-refractivity contribution in [2.75, 3.05) is 9.80 Å². The fourth-order valence-corrected chi connectivity index (χ4v) is 16.2. The Labute approximate surface area is 461 Å². The summed E-state index contributed by atoms with van der Waals surface area (Å²) < 4.78 is 0. The van der Waals surface area contributed by atoms with E-state index in [0.717, 1.165) is 0 Å². The molecule has 11 aromatic carbocycles. The molecule has 78 heavy (non-hydrogen) atoms. The van der Waals surface area contributed by atoms with Crippen molar-refractivity contribution < 1.29 is 0 Å². The van der Waals surface area contributed by atoms with E-state index < -0.39 is 0 Å². The van der Waals surface area contributed by atoms with Crippen LogP contribution in [-0.2, 0) is 10.8 Å². The van der Waals surface area contributed by atoms with Gasteiger partial charge in [0.05, 0.1) is 11.1 Å². The maximum Gasteiger partial charge on any atom is 0.0517 e. The number of nitrogens with zero attached hydrogens (tertiary/aromatic N) is 2. The van der Waals surface area contributed by atoms with E-state index >= 15 is 0 Å². The van der Waals surface area contributed by atoms with Crippen molar-refractivity contribution in [3.8, 4) is 44.5 Å². The molecule has 15 rings (SSSR count). The Morgan fingerprint density at radius 3 is 1.12 bits per heavy atom. The normalized spacial score (nSPS) is 22.8. The van der Waals surface area contributed by atoms with Crippen LogP contribution in [0.2, 0.25) is 0 Å². The number of hydrogen-bond donors (Lipinski definition) is 0. The largest absolute Gasteiger partial charge is 0.334 e. The summed E-state index contributed by atoms with van der Waals surface area (Å²) in [5.41, 5.74) is 18.4. The summed E-state index contributed by atoms with van der Waals surface area (Å²) >= 11 is 0. The van der Waals surface area contributed by atoms with Crippen molar-refractivity contribution >= 4 is 65.8 Å². The highest BCUT2D eigenvalue weighted by Gasteiger charge is 2.58. The second-order valence-electron chi connectivity index (χ2n) is 24.5. The smallest absolute Gasteiger partial charge is 0.0517 e. The van der Waals surface area contributed by atoms with Crippen LogP contribution in [0.4, 0.5) is 22.7 Å². The van der Waals surface area contributed by atoms with Gasteiger partial charge in [-0.1, -0.05) is 210 Å². The van der Waals surface area contributed by atoms with Gasteiger partial charge in [-0.15, -0.1) is 0 Å². The zero-order chi connectivity index (χ0) is 52.4. The maximum atomic E-state index is 2.71. The molecule has 2 heteroatoms. The Morgan fingerprint density at radius 1 is 0.295 bits per heavy atom. The summed E-state index contributed by atoms with van der Waals surface area (Å²) in [7, 11) is 0. The fourth-order valence-electron chi connectivity index (χ4n) is 16.2. The van der Waals surface area contributed by atoms with Gasteiger partial charge in [0.25, 0.3) is 0 Å². The monoisotopic (exact) mass is 1010 g/mol. The summed E-state index contributed by atoms with van der Waals surface area (Å²) in [4.78, 5) is 5.42. The first-order valence-corrected chi connectivity index (χ1v) is 29.2. The summed E-state index contributed by atoms with van der Waals surface area (Å²) in [5, 5.41) is 10.2. The number of hydrogen-bond acceptors (Lipinski definition) is 2. The number of para-hydroxylation sites is 2. The van der Waals surface area contributed by atoms with Crippen LogP contribution in [0.15, 0.2) is 218 Å². The van der Waals surface area contributed by atoms with E-state index in [4.69, 9.17) is 0 Å². The lowest BCUT2D eigenvalue weighted by atomic mass is 9.66. The molecule has 0 spiro atoms. The first-order valence-electron chi connectivity index (χ1n) is 29.2. The molecule has 4 atom stereocenters. The minimum absolute atomic E-state index is 0.00170.